The van der Waals surface area contributed by atoms with Crippen molar-refractivity contribution in [1.82, 2.24) is 14.7 Å². The summed E-state index contributed by atoms with van der Waals surface area (Å²) in [6.45, 7) is 0.109. The van der Waals surface area contributed by atoms with Crippen LogP contribution in [0.3, 0.4) is 0 Å². The van der Waals surface area contributed by atoms with Crippen LogP contribution in [0.15, 0.2) is 24.4 Å². The van der Waals surface area contributed by atoms with Crippen molar-refractivity contribution in [2.45, 2.75) is 57.2 Å². The van der Waals surface area contributed by atoms with E-state index in [1.165, 1.54) is 7.05 Å². The summed E-state index contributed by atoms with van der Waals surface area (Å²) in [5.41, 5.74) is 1.05. The van der Waals surface area contributed by atoms with E-state index < -0.39 is 21.8 Å². The second-order valence-corrected chi connectivity index (χ2v) is 11.1. The average Bonchev–Trinajstić information content (AvgIpc) is 3.21. The lowest BCUT2D eigenvalue weighted by molar-refractivity contribution is -0.137. The molecule has 9 nitrogen and oxygen atoms in total. The van der Waals surface area contributed by atoms with Crippen LogP contribution in [0.2, 0.25) is 0 Å². The summed E-state index contributed by atoms with van der Waals surface area (Å²) in [6, 6.07) is 4.95. The third-order valence-corrected chi connectivity index (χ3v) is 7.92. The maximum Gasteiger partial charge on any atom is 0.421 e. The molecule has 13 heteroatoms. The molecule has 0 unspecified atom stereocenters. The summed E-state index contributed by atoms with van der Waals surface area (Å²) in [7, 11) is -2.19. The maximum absolute atomic E-state index is 14.0. The van der Waals surface area contributed by atoms with E-state index in [1.54, 1.807) is 23.1 Å². The van der Waals surface area contributed by atoms with Gasteiger partial charge in [-0.1, -0.05) is 19.3 Å². The van der Waals surface area contributed by atoms with Gasteiger partial charge < -0.3 is 15.5 Å². The van der Waals surface area contributed by atoms with Gasteiger partial charge in [-0.3, -0.25) is 4.79 Å². The minimum Gasteiger partial charge on any atom is -0.353 e. The number of fused-ring (bicyclic) bond motifs is 1. The molecule has 196 valence electrons. The van der Waals surface area contributed by atoms with Crippen LogP contribution in [-0.4, -0.2) is 49.7 Å². The molecule has 36 heavy (non-hydrogen) atoms. The third-order valence-electron chi connectivity index (χ3n) is 6.47. The van der Waals surface area contributed by atoms with Crippen molar-refractivity contribution in [1.29, 1.82) is 0 Å². The second kappa shape index (κ2) is 10.6. The van der Waals surface area contributed by atoms with Gasteiger partial charge in [0.25, 0.3) is 0 Å². The fraction of sp³-hybridized carbons (Fsp3) is 0.522. The van der Waals surface area contributed by atoms with Gasteiger partial charge in [-0.2, -0.15) is 18.2 Å². The van der Waals surface area contributed by atoms with Crippen LogP contribution in [0.5, 0.6) is 0 Å². The molecule has 2 heterocycles. The Morgan fingerprint density at radius 3 is 2.64 bits per heavy atom. The molecule has 0 spiro atoms. The number of alkyl halides is 3. The Hall–Kier alpha value is -2.93. The van der Waals surface area contributed by atoms with Gasteiger partial charge >= 0.3 is 6.18 Å². The minimum atomic E-state index is -4.68. The first-order valence-corrected chi connectivity index (χ1v) is 13.5. The van der Waals surface area contributed by atoms with Crippen LogP contribution in [-0.2, 0) is 27.4 Å². The molecule has 1 fully saturated rings. The molecule has 0 bridgehead atoms. The van der Waals surface area contributed by atoms with Crippen LogP contribution in [0, 0.1) is 0 Å². The molecule has 0 atom stereocenters. The number of nitrogens with one attached hydrogen (secondary N) is 3. The third kappa shape index (κ3) is 6.25. The molecule has 4 rings (SSSR count). The van der Waals surface area contributed by atoms with E-state index in [9.17, 15) is 26.4 Å². The zero-order chi connectivity index (χ0) is 25.9. The van der Waals surface area contributed by atoms with Crippen molar-refractivity contribution in [2.75, 3.05) is 34.9 Å². The number of sulfonamides is 1. The summed E-state index contributed by atoms with van der Waals surface area (Å²) in [5, 5.41) is 5.68. The summed E-state index contributed by atoms with van der Waals surface area (Å²) < 4.78 is 68.1. The van der Waals surface area contributed by atoms with E-state index in [0.29, 0.717) is 24.2 Å². The van der Waals surface area contributed by atoms with Gasteiger partial charge in [0.2, 0.25) is 21.9 Å². The summed E-state index contributed by atoms with van der Waals surface area (Å²) in [5.74, 6) is -0.601. The quantitative estimate of drug-likeness (QED) is 0.455. The first-order valence-electron chi connectivity index (χ1n) is 11.9. The molecule has 1 aromatic carbocycles. The zero-order valence-electron chi connectivity index (χ0n) is 19.9. The normalized spacial score (nSPS) is 16.5. The highest BCUT2D eigenvalue weighted by Crippen LogP contribution is 2.38. The molecule has 2 aliphatic rings. The van der Waals surface area contributed by atoms with Crippen molar-refractivity contribution < 1.29 is 26.4 Å². The lowest BCUT2D eigenvalue weighted by Gasteiger charge is -2.36. The standard InChI is InChI=1S/C23H29F3N6O3S/c1-27-36(34,35)11-5-10-32(17-6-3-2-4-7-17)21-18(23(24,25)26)14-28-22(31-21)29-16-8-9-19-15(12-16)13-20(33)30-19/h8-9,12,14,17,27H,2-7,10-11,13H2,1H3,(H,30,33)(H,28,29,31). The molecule has 1 aliphatic heterocycles. The first kappa shape index (κ1) is 26.1. The van der Waals surface area contributed by atoms with E-state index in [0.717, 1.165) is 31.0 Å². The number of rotatable bonds is 9. The Morgan fingerprint density at radius 2 is 1.94 bits per heavy atom. The summed E-state index contributed by atoms with van der Waals surface area (Å²) in [6.07, 6.45) is 0.635. The van der Waals surface area contributed by atoms with Gasteiger partial charge in [0.15, 0.2) is 0 Å². The smallest absolute Gasteiger partial charge is 0.353 e. The van der Waals surface area contributed by atoms with Gasteiger partial charge in [-0.05, 0) is 50.1 Å². The Bertz CT molecular complexity index is 1220. The van der Waals surface area contributed by atoms with Gasteiger partial charge in [-0.15, -0.1) is 0 Å². The molecule has 1 aliphatic carbocycles. The van der Waals surface area contributed by atoms with E-state index in [4.69, 9.17) is 0 Å². The van der Waals surface area contributed by atoms with Crippen LogP contribution in [0.1, 0.15) is 49.7 Å². The van der Waals surface area contributed by atoms with Crippen LogP contribution in [0.4, 0.5) is 36.3 Å². The molecule has 2 aromatic rings. The fourth-order valence-electron chi connectivity index (χ4n) is 4.67. The van der Waals surface area contributed by atoms with Crippen LogP contribution >= 0.6 is 0 Å². The molecule has 3 N–H and O–H groups in total. The predicted molar refractivity (Wildman–Crippen MR) is 131 cm³/mol. The van der Waals surface area contributed by atoms with E-state index in [1.807, 2.05) is 0 Å². The molecular weight excluding hydrogens is 497 g/mol. The number of nitrogens with zero attached hydrogens (tertiary/aromatic N) is 3. The Kier molecular flexibility index (Phi) is 7.69. The number of hydrogen-bond acceptors (Lipinski definition) is 7. The Labute approximate surface area is 207 Å². The van der Waals surface area contributed by atoms with Crippen molar-refractivity contribution >= 4 is 39.1 Å². The average molecular weight is 527 g/mol. The number of anilines is 4. The van der Waals surface area contributed by atoms with E-state index >= 15 is 0 Å². The zero-order valence-corrected chi connectivity index (χ0v) is 20.7. The highest BCUT2D eigenvalue weighted by Gasteiger charge is 2.38. The SMILES string of the molecule is CNS(=O)(=O)CCCN(c1nc(Nc2ccc3c(c2)CC(=O)N3)ncc1C(F)(F)F)C1CCCCC1. The Balaban J connectivity index is 1.66. The Morgan fingerprint density at radius 1 is 1.19 bits per heavy atom. The lowest BCUT2D eigenvalue weighted by Crippen LogP contribution is -2.40. The number of aromatic nitrogens is 2. The number of carbonyl (C=O) groups is 1. The molecule has 1 amide bonds. The molecule has 0 radical (unpaired) electrons. The predicted octanol–water partition coefficient (Wildman–Crippen LogP) is 3.81. The van der Waals surface area contributed by atoms with Gasteiger partial charge in [-0.25, -0.2) is 18.1 Å². The maximum atomic E-state index is 14.0. The van der Waals surface area contributed by atoms with E-state index in [-0.39, 0.29) is 48.9 Å². The van der Waals surface area contributed by atoms with Crippen molar-refractivity contribution in [3.05, 3.63) is 35.5 Å². The van der Waals surface area contributed by atoms with E-state index in [2.05, 4.69) is 25.3 Å². The monoisotopic (exact) mass is 526 g/mol. The highest BCUT2D eigenvalue weighted by atomic mass is 32.2. The van der Waals surface area contributed by atoms with Crippen molar-refractivity contribution in [2.24, 2.45) is 0 Å². The number of halogens is 3. The fourth-order valence-corrected chi connectivity index (χ4v) is 5.38. The number of hydrogen-bond donors (Lipinski definition) is 3. The minimum absolute atomic E-state index is 0.0149. The molecule has 0 saturated heterocycles. The van der Waals surface area contributed by atoms with Crippen LogP contribution < -0.4 is 20.3 Å². The van der Waals surface area contributed by atoms with Crippen molar-refractivity contribution in [3.63, 3.8) is 0 Å². The topological polar surface area (TPSA) is 116 Å². The molecule has 1 saturated carbocycles. The second-order valence-electron chi connectivity index (χ2n) is 9.01. The van der Waals surface area contributed by atoms with Crippen molar-refractivity contribution in [3.8, 4) is 0 Å². The first-order chi connectivity index (χ1) is 17.1. The van der Waals surface area contributed by atoms with Gasteiger partial charge in [0.1, 0.15) is 11.4 Å². The van der Waals surface area contributed by atoms with Crippen LogP contribution in [0.25, 0.3) is 0 Å². The summed E-state index contributed by atoms with van der Waals surface area (Å²) >= 11 is 0. The number of amides is 1. The van der Waals surface area contributed by atoms with Gasteiger partial charge in [0.05, 0.1) is 12.2 Å². The summed E-state index contributed by atoms with van der Waals surface area (Å²) in [4.78, 5) is 21.4. The number of carbonyl (C=O) groups excluding carboxylic acids is 1. The highest BCUT2D eigenvalue weighted by molar-refractivity contribution is 7.89. The molecule has 1 aromatic heterocycles. The largest absolute Gasteiger partial charge is 0.421 e. The number of benzene rings is 1. The lowest BCUT2D eigenvalue weighted by atomic mass is 9.93. The van der Waals surface area contributed by atoms with Gasteiger partial charge in [0, 0.05) is 30.2 Å². The molecular formula is C23H29F3N6O3S.